The third kappa shape index (κ3) is 5.03. The van der Waals surface area contributed by atoms with Gasteiger partial charge in [0.1, 0.15) is 6.04 Å². The number of nitrogens with one attached hydrogen (secondary N) is 1. The number of alkyl halides is 3. The molecular weight excluding hydrogens is 403 g/mol. The van der Waals surface area contributed by atoms with Gasteiger partial charge in [-0.05, 0) is 43.4 Å². The van der Waals surface area contributed by atoms with Gasteiger partial charge in [-0.3, -0.25) is 9.59 Å². The number of likely N-dealkylation sites (tertiary alicyclic amines) is 2. The lowest BCUT2D eigenvalue weighted by molar-refractivity contribution is -0.142. The lowest BCUT2D eigenvalue weighted by Gasteiger charge is -2.34. The minimum atomic E-state index is -4.41. The zero-order chi connectivity index (χ0) is 21.9. The molecule has 3 rings (SSSR count). The van der Waals surface area contributed by atoms with Gasteiger partial charge in [-0.2, -0.15) is 13.2 Å². The summed E-state index contributed by atoms with van der Waals surface area (Å²) in [4.78, 5) is 39.5. The summed E-state index contributed by atoms with van der Waals surface area (Å²) in [5, 5.41) is 11.9. The number of halogens is 3. The molecule has 164 valence electrons. The number of carboxylic acid groups (broad SMARTS) is 1. The maximum atomic E-state index is 12.9. The van der Waals surface area contributed by atoms with Gasteiger partial charge in [0.25, 0.3) is 0 Å². The third-order valence-corrected chi connectivity index (χ3v) is 5.63. The summed E-state index contributed by atoms with van der Waals surface area (Å²) in [6.07, 6.45) is -3.12. The van der Waals surface area contributed by atoms with Crippen LogP contribution in [-0.2, 0) is 22.3 Å². The highest BCUT2D eigenvalue weighted by Crippen LogP contribution is 2.29. The highest BCUT2D eigenvalue weighted by atomic mass is 19.4. The van der Waals surface area contributed by atoms with E-state index in [1.54, 1.807) is 0 Å². The molecule has 2 saturated heterocycles. The van der Waals surface area contributed by atoms with Crippen LogP contribution in [-0.4, -0.2) is 58.5 Å². The van der Waals surface area contributed by atoms with Crippen LogP contribution in [0.5, 0.6) is 0 Å². The number of nitrogens with zero attached hydrogens (tertiary/aromatic N) is 2. The lowest BCUT2D eigenvalue weighted by atomic mass is 9.96. The van der Waals surface area contributed by atoms with E-state index in [9.17, 15) is 27.6 Å². The number of benzene rings is 1. The lowest BCUT2D eigenvalue weighted by Crippen LogP contribution is -2.51. The van der Waals surface area contributed by atoms with E-state index in [1.165, 1.54) is 21.9 Å². The zero-order valence-electron chi connectivity index (χ0n) is 16.3. The molecule has 2 aliphatic heterocycles. The number of hydrogen-bond acceptors (Lipinski definition) is 3. The van der Waals surface area contributed by atoms with Crippen molar-refractivity contribution in [1.82, 2.24) is 15.1 Å². The van der Waals surface area contributed by atoms with Crippen LogP contribution >= 0.6 is 0 Å². The average Bonchev–Trinajstić information content (AvgIpc) is 3.21. The third-order valence-electron chi connectivity index (χ3n) is 5.63. The topological polar surface area (TPSA) is 90.0 Å². The fourth-order valence-electron chi connectivity index (χ4n) is 4.01. The summed E-state index contributed by atoms with van der Waals surface area (Å²) in [5.74, 6) is -1.03. The minimum absolute atomic E-state index is 0.0612. The summed E-state index contributed by atoms with van der Waals surface area (Å²) in [7, 11) is 0. The number of carbonyl (C=O) groups is 3. The van der Waals surface area contributed by atoms with E-state index in [-0.39, 0.29) is 24.9 Å². The molecule has 0 spiro atoms. The molecule has 1 unspecified atom stereocenters. The van der Waals surface area contributed by atoms with Gasteiger partial charge in [0.15, 0.2) is 0 Å². The van der Waals surface area contributed by atoms with E-state index in [1.807, 2.05) is 0 Å². The number of piperidine rings is 1. The number of amides is 3. The molecule has 0 aliphatic carbocycles. The van der Waals surface area contributed by atoms with Crippen molar-refractivity contribution in [3.8, 4) is 0 Å². The first-order valence-corrected chi connectivity index (χ1v) is 9.89. The highest BCUT2D eigenvalue weighted by Gasteiger charge is 2.39. The van der Waals surface area contributed by atoms with Crippen molar-refractivity contribution in [2.45, 2.75) is 44.4 Å². The fourth-order valence-corrected chi connectivity index (χ4v) is 4.01. The molecular formula is C20H24F3N3O4. The average molecular weight is 427 g/mol. The Hall–Kier alpha value is -2.78. The summed E-state index contributed by atoms with van der Waals surface area (Å²) in [6.45, 7) is 1.02. The van der Waals surface area contributed by atoms with Gasteiger partial charge in [0.2, 0.25) is 11.8 Å². The Morgan fingerprint density at radius 1 is 1.07 bits per heavy atom. The number of carbonyl (C=O) groups excluding carboxylic acids is 2. The van der Waals surface area contributed by atoms with Crippen molar-refractivity contribution in [1.29, 1.82) is 0 Å². The van der Waals surface area contributed by atoms with E-state index >= 15 is 0 Å². The molecule has 2 atom stereocenters. The van der Waals surface area contributed by atoms with Gasteiger partial charge < -0.3 is 20.2 Å². The van der Waals surface area contributed by atoms with Gasteiger partial charge >= 0.3 is 12.3 Å². The Bertz CT molecular complexity index is 797. The van der Waals surface area contributed by atoms with Crippen LogP contribution in [0.2, 0.25) is 0 Å². The maximum Gasteiger partial charge on any atom is 0.416 e. The van der Waals surface area contributed by atoms with E-state index in [0.717, 1.165) is 12.1 Å². The van der Waals surface area contributed by atoms with Crippen LogP contribution in [0.1, 0.15) is 36.8 Å². The molecule has 2 heterocycles. The molecule has 0 radical (unpaired) electrons. The molecule has 1 aromatic carbocycles. The van der Waals surface area contributed by atoms with Gasteiger partial charge in [-0.1, -0.05) is 12.1 Å². The number of rotatable bonds is 4. The second-order valence-corrected chi connectivity index (χ2v) is 7.67. The quantitative estimate of drug-likeness (QED) is 0.773. The molecule has 2 fully saturated rings. The molecule has 2 N–H and O–H groups in total. The minimum Gasteiger partial charge on any atom is -0.465 e. The van der Waals surface area contributed by atoms with Gasteiger partial charge in [0.05, 0.1) is 11.5 Å². The van der Waals surface area contributed by atoms with Crippen molar-refractivity contribution in [3.63, 3.8) is 0 Å². The molecule has 1 aromatic rings. The van der Waals surface area contributed by atoms with Crippen LogP contribution in [0.4, 0.5) is 18.0 Å². The van der Waals surface area contributed by atoms with Crippen LogP contribution < -0.4 is 5.32 Å². The van der Waals surface area contributed by atoms with E-state index in [0.29, 0.717) is 44.3 Å². The first-order chi connectivity index (χ1) is 14.2. The smallest absolute Gasteiger partial charge is 0.416 e. The Morgan fingerprint density at radius 3 is 2.37 bits per heavy atom. The van der Waals surface area contributed by atoms with Gasteiger partial charge in [-0.15, -0.1) is 0 Å². The van der Waals surface area contributed by atoms with Crippen molar-refractivity contribution < 1.29 is 32.7 Å². The standard InChI is InChI=1S/C20H24F3N3O4/c21-20(22,23)15-7-5-13(6-8-15)11-24-17(27)16-4-2-10-26(16)18(28)14-3-1-9-25(12-14)19(29)30/h5-8,14,16H,1-4,9-12H2,(H,24,27)(H,29,30)/t14?,16-/m1/s1. The van der Waals surface area contributed by atoms with Crippen LogP contribution in [0.25, 0.3) is 0 Å². The predicted molar refractivity (Wildman–Crippen MR) is 100 cm³/mol. The second-order valence-electron chi connectivity index (χ2n) is 7.67. The van der Waals surface area contributed by atoms with Crippen molar-refractivity contribution in [2.24, 2.45) is 5.92 Å². The molecule has 0 aromatic heterocycles. The van der Waals surface area contributed by atoms with Crippen molar-refractivity contribution in [2.75, 3.05) is 19.6 Å². The van der Waals surface area contributed by atoms with Gasteiger partial charge in [0, 0.05) is 26.2 Å². The summed E-state index contributed by atoms with van der Waals surface area (Å²) in [5.41, 5.74) is -0.232. The van der Waals surface area contributed by atoms with Crippen LogP contribution in [0.15, 0.2) is 24.3 Å². The van der Waals surface area contributed by atoms with Crippen molar-refractivity contribution in [3.05, 3.63) is 35.4 Å². The summed E-state index contributed by atoms with van der Waals surface area (Å²) in [6, 6.07) is 3.90. The van der Waals surface area contributed by atoms with Gasteiger partial charge in [-0.25, -0.2) is 4.79 Å². The molecule has 0 saturated carbocycles. The highest BCUT2D eigenvalue weighted by molar-refractivity contribution is 5.89. The normalized spacial score (nSPS) is 22.1. The SMILES string of the molecule is O=C(NCc1ccc(C(F)(F)F)cc1)[C@H]1CCCN1C(=O)C1CCCN(C(=O)O)C1. The molecule has 7 nitrogen and oxygen atoms in total. The Kier molecular flexibility index (Phi) is 6.52. The Balaban J connectivity index is 1.57. The van der Waals surface area contributed by atoms with E-state index < -0.39 is 29.8 Å². The molecule has 2 aliphatic rings. The maximum absolute atomic E-state index is 12.9. The number of hydrogen-bond donors (Lipinski definition) is 2. The zero-order valence-corrected chi connectivity index (χ0v) is 16.3. The van der Waals surface area contributed by atoms with E-state index in [2.05, 4.69) is 5.32 Å². The monoisotopic (exact) mass is 427 g/mol. The van der Waals surface area contributed by atoms with Crippen LogP contribution in [0.3, 0.4) is 0 Å². The summed E-state index contributed by atoms with van der Waals surface area (Å²) < 4.78 is 37.9. The molecule has 0 bridgehead atoms. The largest absolute Gasteiger partial charge is 0.465 e. The summed E-state index contributed by atoms with van der Waals surface area (Å²) >= 11 is 0. The molecule has 3 amide bonds. The second kappa shape index (κ2) is 8.93. The first kappa shape index (κ1) is 21.9. The molecule has 30 heavy (non-hydrogen) atoms. The van der Waals surface area contributed by atoms with Crippen LogP contribution in [0, 0.1) is 5.92 Å². The molecule has 10 heteroatoms. The first-order valence-electron chi connectivity index (χ1n) is 9.89. The fraction of sp³-hybridized carbons (Fsp3) is 0.550. The van der Waals surface area contributed by atoms with E-state index in [4.69, 9.17) is 5.11 Å². The Labute approximate surface area is 171 Å². The van der Waals surface area contributed by atoms with Crippen molar-refractivity contribution >= 4 is 17.9 Å². The Morgan fingerprint density at radius 2 is 1.73 bits per heavy atom. The predicted octanol–water partition coefficient (Wildman–Crippen LogP) is 2.70.